The van der Waals surface area contributed by atoms with Crippen LogP contribution in [0.2, 0.25) is 0 Å². The van der Waals surface area contributed by atoms with E-state index in [9.17, 15) is 25.2 Å². The predicted molar refractivity (Wildman–Crippen MR) is 229 cm³/mol. The molecule has 1 aromatic rings. The third-order valence-corrected chi connectivity index (χ3v) is 9.56. The van der Waals surface area contributed by atoms with Crippen LogP contribution >= 0.6 is 0 Å². The van der Waals surface area contributed by atoms with Crippen molar-refractivity contribution in [2.75, 3.05) is 99.1 Å². The van der Waals surface area contributed by atoms with Crippen LogP contribution in [0.4, 0.5) is 0 Å². The van der Waals surface area contributed by atoms with Crippen LogP contribution in [0.25, 0.3) is 0 Å². The average Bonchev–Trinajstić information content (AvgIpc) is 3.27. The predicted octanol–water partition coefficient (Wildman–Crippen LogP) is 1.89. The first-order chi connectivity index (χ1) is 29.6. The van der Waals surface area contributed by atoms with Gasteiger partial charge in [0.2, 0.25) is 0 Å². The number of unbranched alkanes of at least 4 members (excludes halogenated alkanes) is 13. The molecule has 0 heterocycles. The van der Waals surface area contributed by atoms with E-state index >= 15 is 0 Å². The Labute approximate surface area is 363 Å². The Morgan fingerprint density at radius 1 is 0.525 bits per heavy atom. The van der Waals surface area contributed by atoms with Crippen molar-refractivity contribution in [2.45, 2.75) is 139 Å². The van der Waals surface area contributed by atoms with Crippen LogP contribution in [-0.4, -0.2) is 189 Å². The number of hydrogen-bond acceptors (Lipinski definition) is 16. The molecule has 4 unspecified atom stereocenters. The van der Waals surface area contributed by atoms with Crippen LogP contribution in [0, 0.1) is 0 Å². The zero-order valence-electron chi connectivity index (χ0n) is 36.7. The molecule has 17 nitrogen and oxygen atoms in total. The van der Waals surface area contributed by atoms with Gasteiger partial charge in [-0.25, -0.2) is 0 Å². The molecule has 0 spiro atoms. The molecule has 9 N–H and O–H groups in total. The highest BCUT2D eigenvalue weighted by Gasteiger charge is 2.22. The number of aliphatic hydroxyl groups is 8. The largest absolute Gasteiger partial charge is 0.494 e. The Hall–Kier alpha value is -2.07. The summed E-state index contributed by atoms with van der Waals surface area (Å²) in [5.74, 6) is 0.113. The van der Waals surface area contributed by atoms with Gasteiger partial charge in [-0.2, -0.15) is 0 Å². The van der Waals surface area contributed by atoms with Crippen LogP contribution in [-0.2, 0) is 28.4 Å². The molecule has 0 aromatic heterocycles. The van der Waals surface area contributed by atoms with Crippen molar-refractivity contribution in [3.05, 3.63) is 29.8 Å². The zero-order chi connectivity index (χ0) is 44.8. The zero-order valence-corrected chi connectivity index (χ0v) is 36.7. The minimum absolute atomic E-state index is 0.0861. The number of benzene rings is 1. The van der Waals surface area contributed by atoms with Gasteiger partial charge in [0.1, 0.15) is 42.4 Å². The molecule has 0 aliphatic heterocycles. The molecule has 358 valence electrons. The number of aliphatic hydroxyl groups excluding tert-OH is 8. The summed E-state index contributed by atoms with van der Waals surface area (Å²) in [6, 6.07) is 6.04. The molecule has 0 fully saturated rings. The van der Waals surface area contributed by atoms with E-state index in [0.29, 0.717) is 17.9 Å². The summed E-state index contributed by atoms with van der Waals surface area (Å²) >= 11 is 0. The summed E-state index contributed by atoms with van der Waals surface area (Å²) in [7, 11) is 0. The first-order valence-electron chi connectivity index (χ1n) is 22.4. The SMILES string of the molecule is CCCCCCCCCCCCCCCCOc1cccc(C(=O)NC(COC(COCC(O)CO)COCC(O)CO)COC(COCC(O)CO)COCC(O)CO)c1. The summed E-state index contributed by atoms with van der Waals surface area (Å²) in [5.41, 5.74) is 0.335. The van der Waals surface area contributed by atoms with Crippen molar-refractivity contribution < 1.29 is 78.8 Å². The molecule has 1 aromatic carbocycles. The Kier molecular flexibility index (Phi) is 36.9. The first kappa shape index (κ1) is 56.9. The number of carbonyl (C=O) groups is 1. The fraction of sp³-hybridized carbons (Fsp3) is 0.841. The minimum Gasteiger partial charge on any atom is -0.494 e. The van der Waals surface area contributed by atoms with Gasteiger partial charge in [-0.1, -0.05) is 96.5 Å². The van der Waals surface area contributed by atoms with Crippen molar-refractivity contribution in [1.29, 1.82) is 0 Å². The molecule has 17 heteroatoms. The van der Waals surface area contributed by atoms with Gasteiger partial charge in [-0.3, -0.25) is 4.79 Å². The van der Waals surface area contributed by atoms with E-state index in [1.54, 1.807) is 24.3 Å². The summed E-state index contributed by atoms with van der Waals surface area (Å²) in [6.45, 7) is -0.604. The number of nitrogens with one attached hydrogen (secondary N) is 1. The van der Waals surface area contributed by atoms with Crippen molar-refractivity contribution in [3.63, 3.8) is 0 Å². The van der Waals surface area contributed by atoms with E-state index in [-0.39, 0.29) is 66.1 Å². The van der Waals surface area contributed by atoms with Gasteiger partial charge in [0.25, 0.3) is 5.91 Å². The standard InChI is InChI=1S/C44H81NO16/c1-2-3-4-5-6-7-8-9-10-11-12-13-14-15-19-59-41-18-16-17-35(20-41)44(54)45-36(25-60-42(31-55-27-37(50)21-46)32-56-28-38(51)22-47)26-61-43(33-57-29-39(52)23-48)34-58-30-40(53)24-49/h16-18,20,36-40,42-43,46-53H,2-15,19,21-34H2,1H3,(H,45,54). The lowest BCUT2D eigenvalue weighted by Crippen LogP contribution is -2.45. The number of hydrogen-bond donors (Lipinski definition) is 9. The lowest BCUT2D eigenvalue weighted by molar-refractivity contribution is -0.107. The van der Waals surface area contributed by atoms with Crippen LogP contribution in [0.15, 0.2) is 24.3 Å². The molecule has 0 bridgehead atoms. The summed E-state index contributed by atoms with van der Waals surface area (Å²) in [4.78, 5) is 13.6. The molecule has 0 aliphatic rings. The quantitative estimate of drug-likeness (QED) is 0.0425. The average molecular weight is 880 g/mol. The monoisotopic (exact) mass is 880 g/mol. The molecule has 0 saturated heterocycles. The maximum absolute atomic E-state index is 13.6. The maximum atomic E-state index is 13.6. The van der Waals surface area contributed by atoms with Crippen molar-refractivity contribution in [1.82, 2.24) is 5.32 Å². The van der Waals surface area contributed by atoms with E-state index in [4.69, 9.17) is 53.6 Å². The number of ether oxygens (including phenoxy) is 7. The van der Waals surface area contributed by atoms with E-state index in [1.165, 1.54) is 70.6 Å². The van der Waals surface area contributed by atoms with Gasteiger partial charge in [0, 0.05) is 5.56 Å². The topological polar surface area (TPSA) is 256 Å². The molecule has 0 saturated carbocycles. The summed E-state index contributed by atoms with van der Waals surface area (Å²) < 4.78 is 40.1. The highest BCUT2D eigenvalue weighted by Crippen LogP contribution is 2.16. The Morgan fingerprint density at radius 2 is 0.902 bits per heavy atom. The second-order valence-electron chi connectivity index (χ2n) is 15.5. The van der Waals surface area contributed by atoms with Crippen molar-refractivity contribution >= 4 is 5.91 Å². The maximum Gasteiger partial charge on any atom is 0.251 e. The van der Waals surface area contributed by atoms with Crippen molar-refractivity contribution in [3.8, 4) is 5.75 Å². The fourth-order valence-corrected chi connectivity index (χ4v) is 5.96. The normalized spacial score (nSPS) is 15.2. The van der Waals surface area contributed by atoms with E-state index in [2.05, 4.69) is 12.2 Å². The number of carbonyl (C=O) groups excluding carboxylic acids is 1. The highest BCUT2D eigenvalue weighted by atomic mass is 16.6. The highest BCUT2D eigenvalue weighted by molar-refractivity contribution is 5.94. The molecule has 0 aliphatic carbocycles. The second kappa shape index (κ2) is 39.5. The Balaban J connectivity index is 2.87. The van der Waals surface area contributed by atoms with Gasteiger partial charge in [0.05, 0.1) is 105 Å². The fourth-order valence-electron chi connectivity index (χ4n) is 5.96. The van der Waals surface area contributed by atoms with Gasteiger partial charge < -0.3 is 79.3 Å². The summed E-state index contributed by atoms with van der Waals surface area (Å²) in [5, 5.41) is 78.5. The molecule has 1 rings (SSSR count). The molecule has 61 heavy (non-hydrogen) atoms. The molecular weight excluding hydrogens is 798 g/mol. The Morgan fingerprint density at radius 3 is 1.28 bits per heavy atom. The molecule has 4 atom stereocenters. The summed E-state index contributed by atoms with van der Waals surface area (Å²) in [6.07, 6.45) is 11.7. The van der Waals surface area contributed by atoms with Crippen LogP contribution in [0.3, 0.4) is 0 Å². The smallest absolute Gasteiger partial charge is 0.251 e. The van der Waals surface area contributed by atoms with Gasteiger partial charge in [-0.15, -0.1) is 0 Å². The molecule has 1 amide bonds. The third-order valence-electron chi connectivity index (χ3n) is 9.56. The lowest BCUT2D eigenvalue weighted by atomic mass is 10.0. The van der Waals surface area contributed by atoms with Crippen molar-refractivity contribution in [2.24, 2.45) is 0 Å². The number of rotatable bonds is 44. The minimum atomic E-state index is -1.12. The van der Waals surface area contributed by atoms with Crippen LogP contribution in [0.5, 0.6) is 5.75 Å². The van der Waals surface area contributed by atoms with E-state index < -0.39 is 75.0 Å². The van der Waals surface area contributed by atoms with Gasteiger partial charge in [-0.05, 0) is 24.6 Å². The lowest BCUT2D eigenvalue weighted by Gasteiger charge is -2.26. The van der Waals surface area contributed by atoms with Gasteiger partial charge in [0.15, 0.2) is 0 Å². The second-order valence-corrected chi connectivity index (χ2v) is 15.5. The molecular formula is C44H81NO16. The van der Waals surface area contributed by atoms with E-state index in [0.717, 1.165) is 19.3 Å². The Bertz CT molecular complexity index is 1070. The van der Waals surface area contributed by atoms with Gasteiger partial charge >= 0.3 is 0 Å². The third kappa shape index (κ3) is 32.3. The van der Waals surface area contributed by atoms with Crippen LogP contribution in [0.1, 0.15) is 107 Å². The van der Waals surface area contributed by atoms with E-state index in [1.807, 2.05) is 0 Å². The molecule has 0 radical (unpaired) electrons. The van der Waals surface area contributed by atoms with Crippen LogP contribution < -0.4 is 10.1 Å². The number of amides is 1. The first-order valence-corrected chi connectivity index (χ1v) is 22.4.